The molecule has 0 aliphatic carbocycles. The van der Waals surface area contributed by atoms with E-state index in [1.54, 1.807) is 4.52 Å². The predicted molar refractivity (Wildman–Crippen MR) is 127 cm³/mol. The molecular formula is C25H31N7O. The van der Waals surface area contributed by atoms with Gasteiger partial charge in [0.25, 0.3) is 0 Å². The van der Waals surface area contributed by atoms with Crippen molar-refractivity contribution in [2.24, 2.45) is 0 Å². The molecule has 33 heavy (non-hydrogen) atoms. The van der Waals surface area contributed by atoms with Crippen LogP contribution < -0.4 is 5.32 Å². The van der Waals surface area contributed by atoms with Crippen LogP contribution in [0.5, 0.6) is 0 Å². The lowest BCUT2D eigenvalue weighted by Crippen LogP contribution is -2.47. The van der Waals surface area contributed by atoms with Gasteiger partial charge in [-0.3, -0.25) is 9.69 Å². The van der Waals surface area contributed by atoms with Crippen molar-refractivity contribution in [3.63, 3.8) is 0 Å². The van der Waals surface area contributed by atoms with Gasteiger partial charge in [0.2, 0.25) is 5.91 Å². The summed E-state index contributed by atoms with van der Waals surface area (Å²) in [7, 11) is 2.15. The Bertz CT molecular complexity index is 1160. The zero-order valence-electron chi connectivity index (χ0n) is 19.6. The molecule has 3 heterocycles. The summed E-state index contributed by atoms with van der Waals surface area (Å²) in [4.78, 5) is 22.3. The summed E-state index contributed by atoms with van der Waals surface area (Å²) in [5.74, 6) is 0.0232. The average molecular weight is 446 g/mol. The maximum atomic E-state index is 13.0. The molecule has 4 rings (SSSR count). The van der Waals surface area contributed by atoms with Crippen LogP contribution in [0.1, 0.15) is 40.5 Å². The van der Waals surface area contributed by atoms with Gasteiger partial charge in [-0.05, 0) is 38.4 Å². The Kier molecular flexibility index (Phi) is 7.02. The number of aryl methyl sites for hydroxylation is 2. The number of piperazine rings is 1. The molecule has 1 aliphatic heterocycles. The molecule has 1 saturated heterocycles. The van der Waals surface area contributed by atoms with Crippen molar-refractivity contribution in [3.8, 4) is 6.07 Å². The molecule has 8 heteroatoms. The number of aromatic nitrogens is 3. The number of nitrogens with zero attached hydrogens (tertiary/aromatic N) is 6. The third-order valence-electron chi connectivity index (χ3n) is 6.50. The van der Waals surface area contributed by atoms with E-state index >= 15 is 0 Å². The van der Waals surface area contributed by atoms with Crippen LogP contribution in [0, 0.1) is 25.2 Å². The second kappa shape index (κ2) is 10.1. The number of nitrogens with one attached hydrogen (secondary N) is 1. The van der Waals surface area contributed by atoms with Gasteiger partial charge in [-0.25, -0.2) is 9.50 Å². The topological polar surface area (TPSA) is 89.6 Å². The number of hydrogen-bond donors (Lipinski definition) is 1. The van der Waals surface area contributed by atoms with Crippen LogP contribution >= 0.6 is 0 Å². The van der Waals surface area contributed by atoms with Crippen LogP contribution in [0.15, 0.2) is 36.5 Å². The molecule has 1 fully saturated rings. The van der Waals surface area contributed by atoms with E-state index in [1.807, 2.05) is 32.0 Å². The lowest BCUT2D eigenvalue weighted by atomic mass is 10.0. The van der Waals surface area contributed by atoms with Gasteiger partial charge >= 0.3 is 0 Å². The summed E-state index contributed by atoms with van der Waals surface area (Å²) in [5, 5.41) is 16.8. The van der Waals surface area contributed by atoms with Gasteiger partial charge in [-0.1, -0.05) is 30.3 Å². The third-order valence-corrected chi connectivity index (χ3v) is 6.50. The number of nitriles is 1. The van der Waals surface area contributed by atoms with Gasteiger partial charge in [-0.2, -0.15) is 10.4 Å². The Morgan fingerprint density at radius 3 is 2.61 bits per heavy atom. The van der Waals surface area contributed by atoms with E-state index in [9.17, 15) is 10.1 Å². The molecule has 2 aromatic heterocycles. The first kappa shape index (κ1) is 22.9. The largest absolute Gasteiger partial charge is 0.348 e. The fraction of sp³-hybridized carbons (Fsp3) is 0.440. The smallest absolute Gasteiger partial charge is 0.220 e. The maximum absolute atomic E-state index is 13.0. The molecule has 0 radical (unpaired) electrons. The molecule has 0 bridgehead atoms. The van der Waals surface area contributed by atoms with Crippen LogP contribution in [0.25, 0.3) is 5.65 Å². The number of amides is 1. The third kappa shape index (κ3) is 5.21. The molecule has 1 atom stereocenters. The Morgan fingerprint density at radius 2 is 1.91 bits per heavy atom. The highest BCUT2D eigenvalue weighted by molar-refractivity contribution is 5.77. The number of likely N-dealkylation sites (N-methyl/N-ethyl adjacent to an activating group) is 1. The van der Waals surface area contributed by atoms with E-state index in [2.05, 4.69) is 50.4 Å². The predicted octanol–water partition coefficient (Wildman–Crippen LogP) is 2.26. The van der Waals surface area contributed by atoms with Crippen LogP contribution in [0.3, 0.4) is 0 Å². The van der Waals surface area contributed by atoms with Gasteiger partial charge in [0.1, 0.15) is 11.6 Å². The molecule has 172 valence electrons. The monoisotopic (exact) mass is 445 g/mol. The normalized spacial score (nSPS) is 15.9. The van der Waals surface area contributed by atoms with E-state index in [-0.39, 0.29) is 11.9 Å². The molecule has 1 unspecified atom stereocenters. The van der Waals surface area contributed by atoms with E-state index < -0.39 is 0 Å². The van der Waals surface area contributed by atoms with Crippen LogP contribution in [-0.4, -0.2) is 70.1 Å². The van der Waals surface area contributed by atoms with Crippen molar-refractivity contribution < 1.29 is 4.79 Å². The van der Waals surface area contributed by atoms with Crippen LogP contribution in [-0.2, 0) is 11.2 Å². The van der Waals surface area contributed by atoms with Crippen molar-refractivity contribution in [3.05, 3.63) is 64.6 Å². The minimum Gasteiger partial charge on any atom is -0.348 e. The first-order chi connectivity index (χ1) is 16.0. The summed E-state index contributed by atoms with van der Waals surface area (Å²) >= 11 is 0. The van der Waals surface area contributed by atoms with Crippen molar-refractivity contribution in [2.45, 2.75) is 32.7 Å². The summed E-state index contributed by atoms with van der Waals surface area (Å²) in [6.07, 6.45) is 2.48. The standard InChI is InChI=1S/C25H31N7O/c1-18-22(19(2)32-25(28-18)21(15-26)16-27-32)9-10-24(33)29-23(20-7-5-4-6-8-20)17-31-13-11-30(3)12-14-31/h4-8,16,23H,9-14,17H2,1-3H3,(H,29,33). The minimum atomic E-state index is -0.0470. The van der Waals surface area contributed by atoms with Gasteiger partial charge in [0.05, 0.1) is 12.2 Å². The summed E-state index contributed by atoms with van der Waals surface area (Å²) < 4.78 is 1.69. The number of carbonyl (C=O) groups is 1. The summed E-state index contributed by atoms with van der Waals surface area (Å²) in [5.41, 5.74) is 4.91. The molecule has 8 nitrogen and oxygen atoms in total. The summed E-state index contributed by atoms with van der Waals surface area (Å²) in [6.45, 7) is 8.80. The van der Waals surface area contributed by atoms with Crippen LogP contribution in [0.2, 0.25) is 0 Å². The fourth-order valence-corrected chi connectivity index (χ4v) is 4.47. The highest BCUT2D eigenvalue weighted by Crippen LogP contribution is 2.19. The first-order valence-corrected chi connectivity index (χ1v) is 11.5. The highest BCUT2D eigenvalue weighted by atomic mass is 16.1. The van der Waals surface area contributed by atoms with Gasteiger partial charge in [-0.15, -0.1) is 0 Å². The van der Waals surface area contributed by atoms with E-state index in [0.29, 0.717) is 24.1 Å². The van der Waals surface area contributed by atoms with E-state index in [1.165, 1.54) is 6.20 Å². The van der Waals surface area contributed by atoms with Crippen molar-refractivity contribution in [1.82, 2.24) is 29.7 Å². The number of fused-ring (bicyclic) bond motifs is 1. The molecular weight excluding hydrogens is 414 g/mol. The lowest BCUT2D eigenvalue weighted by molar-refractivity contribution is -0.122. The number of benzene rings is 1. The molecule has 1 aliphatic rings. The number of hydrogen-bond acceptors (Lipinski definition) is 6. The zero-order valence-corrected chi connectivity index (χ0v) is 19.6. The molecule has 3 aromatic rings. The average Bonchev–Trinajstić information content (AvgIpc) is 3.23. The molecule has 1 N–H and O–H groups in total. The fourth-order valence-electron chi connectivity index (χ4n) is 4.47. The molecule has 1 amide bonds. The SMILES string of the molecule is Cc1nc2c(C#N)cnn2c(C)c1CCC(=O)NC(CN1CCN(C)CC1)c1ccccc1. The molecule has 0 spiro atoms. The Labute approximate surface area is 194 Å². The van der Waals surface area contributed by atoms with Crippen molar-refractivity contribution in [1.29, 1.82) is 5.26 Å². The second-order valence-corrected chi connectivity index (χ2v) is 8.80. The quantitative estimate of drug-likeness (QED) is 0.600. The van der Waals surface area contributed by atoms with E-state index in [4.69, 9.17) is 0 Å². The van der Waals surface area contributed by atoms with Gasteiger partial charge in [0, 0.05) is 50.5 Å². The highest BCUT2D eigenvalue weighted by Gasteiger charge is 2.22. The summed E-state index contributed by atoms with van der Waals surface area (Å²) in [6, 6.07) is 12.3. The Hall–Kier alpha value is -3.28. The van der Waals surface area contributed by atoms with Crippen LogP contribution in [0.4, 0.5) is 0 Å². The van der Waals surface area contributed by atoms with E-state index in [0.717, 1.165) is 55.2 Å². The molecule has 0 saturated carbocycles. The minimum absolute atomic E-state index is 0.0232. The first-order valence-electron chi connectivity index (χ1n) is 11.5. The lowest BCUT2D eigenvalue weighted by Gasteiger charge is -2.35. The number of rotatable bonds is 7. The number of carbonyl (C=O) groups excluding carboxylic acids is 1. The Morgan fingerprint density at radius 1 is 1.18 bits per heavy atom. The van der Waals surface area contributed by atoms with Crippen molar-refractivity contribution >= 4 is 11.6 Å². The van der Waals surface area contributed by atoms with Gasteiger partial charge < -0.3 is 10.2 Å². The van der Waals surface area contributed by atoms with Crippen molar-refractivity contribution in [2.75, 3.05) is 39.8 Å². The maximum Gasteiger partial charge on any atom is 0.220 e. The Balaban J connectivity index is 1.45. The van der Waals surface area contributed by atoms with Gasteiger partial charge in [0.15, 0.2) is 5.65 Å². The second-order valence-electron chi connectivity index (χ2n) is 8.80. The zero-order chi connectivity index (χ0) is 23.4. The molecule has 1 aromatic carbocycles.